The molecule has 6 nitrogen and oxygen atoms in total. The highest BCUT2D eigenvalue weighted by Crippen LogP contribution is 2.17. The molecule has 24 heavy (non-hydrogen) atoms. The van der Waals surface area contributed by atoms with Gasteiger partial charge in [-0.15, -0.1) is 0 Å². The van der Waals surface area contributed by atoms with E-state index >= 15 is 0 Å². The summed E-state index contributed by atoms with van der Waals surface area (Å²) in [6.07, 6.45) is 1.27. The topological polar surface area (TPSA) is 84.1 Å². The minimum atomic E-state index is -0.531. The smallest absolute Gasteiger partial charge is 0.264 e. The first-order valence-electron chi connectivity index (χ1n) is 7.27. The van der Waals surface area contributed by atoms with E-state index in [0.717, 1.165) is 5.56 Å². The van der Waals surface area contributed by atoms with Crippen LogP contribution in [0.2, 0.25) is 0 Å². The molecular formula is C18H15N3O3. The maximum Gasteiger partial charge on any atom is 0.264 e. The van der Waals surface area contributed by atoms with Gasteiger partial charge < -0.3 is 15.0 Å². The van der Waals surface area contributed by atoms with Crippen LogP contribution in [0.1, 0.15) is 10.4 Å². The highest BCUT2D eigenvalue weighted by atomic mass is 16.5. The summed E-state index contributed by atoms with van der Waals surface area (Å²) in [6, 6.07) is 16.1. The van der Waals surface area contributed by atoms with Gasteiger partial charge in [0.15, 0.2) is 0 Å². The number of ether oxygens (including phenoxy) is 1. The summed E-state index contributed by atoms with van der Waals surface area (Å²) in [5.74, 6) is 0.495. The number of carbonyl (C=O) groups is 1. The predicted octanol–water partition coefficient (Wildman–Crippen LogP) is 2.70. The van der Waals surface area contributed by atoms with Crippen molar-refractivity contribution in [3.8, 4) is 17.1 Å². The lowest BCUT2D eigenvalue weighted by Gasteiger charge is -2.07. The monoisotopic (exact) mass is 321 g/mol. The number of nitrogens with zero attached hydrogens (tertiary/aromatic N) is 1. The van der Waals surface area contributed by atoms with Gasteiger partial charge in [0.2, 0.25) is 0 Å². The van der Waals surface area contributed by atoms with Gasteiger partial charge in [0.1, 0.15) is 17.1 Å². The molecule has 0 radical (unpaired) electrons. The van der Waals surface area contributed by atoms with Crippen LogP contribution in [0.25, 0.3) is 11.4 Å². The van der Waals surface area contributed by atoms with Gasteiger partial charge in [0.05, 0.1) is 7.11 Å². The molecule has 0 aliphatic heterocycles. The van der Waals surface area contributed by atoms with Crippen molar-refractivity contribution in [1.29, 1.82) is 0 Å². The summed E-state index contributed by atoms with van der Waals surface area (Å²) >= 11 is 0. The molecule has 0 saturated carbocycles. The Kier molecular flexibility index (Phi) is 4.38. The standard InChI is InChI=1S/C18H15N3O3/c1-24-14-9-5-8-13(10-14)20-17(22)15-11-19-16(21-18(15)23)12-6-3-2-4-7-12/h2-11H,1H3,(H,20,22)(H,19,21,23). The van der Waals surface area contributed by atoms with Gasteiger partial charge in [0, 0.05) is 23.5 Å². The molecule has 2 aromatic carbocycles. The van der Waals surface area contributed by atoms with Gasteiger partial charge in [0.25, 0.3) is 11.5 Å². The van der Waals surface area contributed by atoms with E-state index < -0.39 is 11.5 Å². The Labute approximate surface area is 138 Å². The van der Waals surface area contributed by atoms with Crippen molar-refractivity contribution < 1.29 is 9.53 Å². The van der Waals surface area contributed by atoms with Crippen molar-refractivity contribution in [2.75, 3.05) is 12.4 Å². The zero-order valence-electron chi connectivity index (χ0n) is 12.9. The second-order valence-corrected chi connectivity index (χ2v) is 5.03. The summed E-state index contributed by atoms with van der Waals surface area (Å²) in [5, 5.41) is 2.65. The number of amides is 1. The molecule has 0 aliphatic rings. The van der Waals surface area contributed by atoms with Gasteiger partial charge in [-0.2, -0.15) is 0 Å². The number of anilines is 1. The molecule has 0 aliphatic carbocycles. The average Bonchev–Trinajstić information content (AvgIpc) is 2.62. The van der Waals surface area contributed by atoms with Gasteiger partial charge >= 0.3 is 0 Å². The summed E-state index contributed by atoms with van der Waals surface area (Å²) in [5.41, 5.74) is 0.752. The summed E-state index contributed by atoms with van der Waals surface area (Å²) in [6.45, 7) is 0. The Morgan fingerprint density at radius 2 is 1.92 bits per heavy atom. The first-order chi connectivity index (χ1) is 11.7. The largest absolute Gasteiger partial charge is 0.497 e. The Morgan fingerprint density at radius 1 is 1.12 bits per heavy atom. The van der Waals surface area contributed by atoms with Crippen molar-refractivity contribution in [2.45, 2.75) is 0 Å². The van der Waals surface area contributed by atoms with E-state index in [1.54, 1.807) is 24.3 Å². The number of benzene rings is 2. The fourth-order valence-corrected chi connectivity index (χ4v) is 2.20. The SMILES string of the molecule is COc1cccc(NC(=O)c2cnc(-c3ccccc3)[nH]c2=O)c1. The Hall–Kier alpha value is -3.41. The van der Waals surface area contributed by atoms with Crippen LogP contribution >= 0.6 is 0 Å². The van der Waals surface area contributed by atoms with E-state index in [4.69, 9.17) is 4.74 Å². The minimum absolute atomic E-state index is 0.0579. The number of carbonyl (C=O) groups excluding carboxylic acids is 1. The van der Waals surface area contributed by atoms with E-state index in [-0.39, 0.29) is 5.56 Å². The molecule has 0 saturated heterocycles. The summed E-state index contributed by atoms with van der Waals surface area (Å²) in [4.78, 5) is 31.3. The van der Waals surface area contributed by atoms with Gasteiger partial charge in [-0.1, -0.05) is 36.4 Å². The van der Waals surface area contributed by atoms with Crippen molar-refractivity contribution >= 4 is 11.6 Å². The van der Waals surface area contributed by atoms with E-state index in [9.17, 15) is 9.59 Å². The molecule has 3 aromatic rings. The third-order valence-corrected chi connectivity index (χ3v) is 3.42. The molecule has 1 heterocycles. The molecule has 6 heteroatoms. The van der Waals surface area contributed by atoms with Crippen molar-refractivity contribution in [3.05, 3.63) is 76.7 Å². The molecule has 1 amide bonds. The van der Waals surface area contributed by atoms with E-state index in [2.05, 4.69) is 15.3 Å². The Balaban J connectivity index is 1.84. The minimum Gasteiger partial charge on any atom is -0.497 e. The quantitative estimate of drug-likeness (QED) is 0.774. The molecule has 0 spiro atoms. The van der Waals surface area contributed by atoms with Crippen molar-refractivity contribution in [3.63, 3.8) is 0 Å². The molecule has 0 unspecified atom stereocenters. The fourth-order valence-electron chi connectivity index (χ4n) is 2.20. The highest BCUT2D eigenvalue weighted by Gasteiger charge is 2.13. The van der Waals surface area contributed by atoms with Gasteiger partial charge in [-0.3, -0.25) is 9.59 Å². The molecule has 1 aromatic heterocycles. The van der Waals surface area contributed by atoms with E-state index in [0.29, 0.717) is 17.3 Å². The van der Waals surface area contributed by atoms with Gasteiger partial charge in [-0.25, -0.2) is 4.98 Å². The molecule has 0 atom stereocenters. The average molecular weight is 321 g/mol. The number of hydrogen-bond acceptors (Lipinski definition) is 4. The second-order valence-electron chi connectivity index (χ2n) is 5.03. The van der Waals surface area contributed by atoms with Crippen LogP contribution in [0.5, 0.6) is 5.75 Å². The lowest BCUT2D eigenvalue weighted by molar-refractivity contribution is 0.102. The molecule has 2 N–H and O–H groups in total. The summed E-state index contributed by atoms with van der Waals surface area (Å²) < 4.78 is 5.10. The van der Waals surface area contributed by atoms with Crippen molar-refractivity contribution in [1.82, 2.24) is 9.97 Å². The molecular weight excluding hydrogens is 306 g/mol. The van der Waals surface area contributed by atoms with Crippen molar-refractivity contribution in [2.24, 2.45) is 0 Å². The lowest BCUT2D eigenvalue weighted by atomic mass is 10.2. The normalized spacial score (nSPS) is 10.2. The van der Waals surface area contributed by atoms with Crippen LogP contribution in [-0.2, 0) is 0 Å². The predicted molar refractivity (Wildman–Crippen MR) is 91.2 cm³/mol. The van der Waals surface area contributed by atoms with Gasteiger partial charge in [-0.05, 0) is 12.1 Å². The van der Waals surface area contributed by atoms with E-state index in [1.807, 2.05) is 30.3 Å². The van der Waals surface area contributed by atoms with Crippen LogP contribution < -0.4 is 15.6 Å². The van der Waals surface area contributed by atoms with Crippen LogP contribution in [0.3, 0.4) is 0 Å². The molecule has 0 bridgehead atoms. The Bertz CT molecular complexity index is 920. The van der Waals surface area contributed by atoms with Crippen LogP contribution in [0, 0.1) is 0 Å². The molecule has 120 valence electrons. The first-order valence-corrected chi connectivity index (χ1v) is 7.27. The lowest BCUT2D eigenvalue weighted by Crippen LogP contribution is -2.24. The van der Waals surface area contributed by atoms with Crippen LogP contribution in [0.4, 0.5) is 5.69 Å². The number of H-pyrrole nitrogens is 1. The maximum absolute atomic E-state index is 12.3. The third-order valence-electron chi connectivity index (χ3n) is 3.42. The second kappa shape index (κ2) is 6.78. The third kappa shape index (κ3) is 3.33. The number of rotatable bonds is 4. The maximum atomic E-state index is 12.3. The first kappa shape index (κ1) is 15.5. The molecule has 0 fully saturated rings. The Morgan fingerprint density at radius 3 is 2.62 bits per heavy atom. The number of methoxy groups -OCH3 is 1. The highest BCUT2D eigenvalue weighted by molar-refractivity contribution is 6.03. The number of nitrogens with one attached hydrogen (secondary N) is 2. The summed E-state index contributed by atoms with van der Waals surface area (Å²) in [7, 11) is 1.54. The zero-order chi connectivity index (χ0) is 16.9. The zero-order valence-corrected chi connectivity index (χ0v) is 12.9. The molecule has 3 rings (SSSR count). The van der Waals surface area contributed by atoms with E-state index in [1.165, 1.54) is 13.3 Å². The number of aromatic nitrogens is 2. The van der Waals surface area contributed by atoms with Crippen LogP contribution in [0.15, 0.2) is 65.6 Å². The van der Waals surface area contributed by atoms with Crippen LogP contribution in [-0.4, -0.2) is 23.0 Å². The number of hydrogen-bond donors (Lipinski definition) is 2. The fraction of sp³-hybridized carbons (Fsp3) is 0.0556. The number of aromatic amines is 1.